The van der Waals surface area contributed by atoms with Gasteiger partial charge in [0.2, 0.25) is 11.8 Å². The van der Waals surface area contributed by atoms with Crippen molar-refractivity contribution in [1.29, 1.82) is 0 Å². The molecule has 6 nitrogen and oxygen atoms in total. The van der Waals surface area contributed by atoms with E-state index < -0.39 is 0 Å². The maximum atomic E-state index is 5.55. The van der Waals surface area contributed by atoms with Gasteiger partial charge in [-0.15, -0.1) is 6.42 Å². The molecule has 126 valence electrons. The van der Waals surface area contributed by atoms with Crippen molar-refractivity contribution in [3.8, 4) is 18.2 Å². The van der Waals surface area contributed by atoms with Crippen LogP contribution in [0.25, 0.3) is 11.0 Å². The smallest absolute Gasteiger partial charge is 0.229 e. The minimum atomic E-state index is 0.429. The maximum Gasteiger partial charge on any atom is 0.229 e. The number of benzene rings is 1. The summed E-state index contributed by atoms with van der Waals surface area (Å²) < 4.78 is 5.18. The van der Waals surface area contributed by atoms with Gasteiger partial charge in [-0.05, 0) is 31.8 Å². The van der Waals surface area contributed by atoms with Gasteiger partial charge in [0.15, 0.2) is 5.65 Å². The number of methoxy groups -OCH3 is 1. The zero-order valence-electron chi connectivity index (χ0n) is 14.4. The van der Waals surface area contributed by atoms with Crippen LogP contribution in [0.1, 0.15) is 11.1 Å². The van der Waals surface area contributed by atoms with Crippen molar-refractivity contribution in [3.63, 3.8) is 0 Å². The van der Waals surface area contributed by atoms with Crippen LogP contribution in [-0.2, 0) is 6.54 Å². The van der Waals surface area contributed by atoms with Crippen molar-refractivity contribution in [2.24, 2.45) is 0 Å². The molecule has 3 rings (SSSR count). The Labute approximate surface area is 146 Å². The molecule has 25 heavy (non-hydrogen) atoms. The third-order valence-electron chi connectivity index (χ3n) is 3.59. The molecule has 1 N–H and O–H groups in total. The van der Waals surface area contributed by atoms with E-state index in [4.69, 9.17) is 11.2 Å². The quantitative estimate of drug-likeness (QED) is 0.725. The van der Waals surface area contributed by atoms with Crippen LogP contribution in [-0.4, -0.2) is 41.1 Å². The second-order valence-electron chi connectivity index (χ2n) is 5.85. The van der Waals surface area contributed by atoms with Crippen LogP contribution in [0.4, 0.5) is 11.6 Å². The zero-order valence-corrected chi connectivity index (χ0v) is 14.4. The lowest BCUT2D eigenvalue weighted by molar-refractivity contribution is 0.399. The molecule has 0 atom stereocenters. The highest BCUT2D eigenvalue weighted by molar-refractivity contribution is 5.83. The number of hydrogen-bond donors (Lipinski definition) is 1. The molecule has 0 radical (unpaired) electrons. The standard InChI is InChI=1S/C19H19N5O/c1-5-14-10-17(25-4)22-18-16(14)11-20-19(23-18)21-15-8-6-7-13(9-15)12-24(2)3/h1,6-11H,12H2,2-4H3,(H,20,21,22,23). The van der Waals surface area contributed by atoms with E-state index in [1.807, 2.05) is 26.2 Å². The number of nitrogens with zero attached hydrogens (tertiary/aromatic N) is 4. The zero-order chi connectivity index (χ0) is 17.8. The Morgan fingerprint density at radius 3 is 2.80 bits per heavy atom. The predicted molar refractivity (Wildman–Crippen MR) is 98.9 cm³/mol. The predicted octanol–water partition coefficient (Wildman–Crippen LogP) is 2.82. The van der Waals surface area contributed by atoms with Crippen LogP contribution in [0, 0.1) is 12.3 Å². The summed E-state index contributed by atoms with van der Waals surface area (Å²) in [4.78, 5) is 15.3. The molecule has 2 heterocycles. The lowest BCUT2D eigenvalue weighted by Crippen LogP contribution is -2.10. The topological polar surface area (TPSA) is 63.2 Å². The van der Waals surface area contributed by atoms with E-state index in [1.165, 1.54) is 5.56 Å². The number of terminal acetylenes is 1. The summed E-state index contributed by atoms with van der Waals surface area (Å²) in [7, 11) is 5.62. The van der Waals surface area contributed by atoms with E-state index in [9.17, 15) is 0 Å². The van der Waals surface area contributed by atoms with Gasteiger partial charge in [-0.25, -0.2) is 4.98 Å². The minimum Gasteiger partial charge on any atom is -0.481 e. The Balaban J connectivity index is 1.93. The van der Waals surface area contributed by atoms with Crippen molar-refractivity contribution in [1.82, 2.24) is 19.9 Å². The summed E-state index contributed by atoms with van der Waals surface area (Å²) in [6.07, 6.45) is 7.23. The second kappa shape index (κ2) is 7.16. The number of aromatic nitrogens is 3. The first-order chi connectivity index (χ1) is 12.1. The summed E-state index contributed by atoms with van der Waals surface area (Å²) in [5.74, 6) is 3.50. The molecular formula is C19H19N5O. The Morgan fingerprint density at radius 1 is 1.24 bits per heavy atom. The molecule has 0 aliphatic heterocycles. The van der Waals surface area contributed by atoms with Crippen molar-refractivity contribution >= 4 is 22.7 Å². The van der Waals surface area contributed by atoms with Crippen LogP contribution in [0.2, 0.25) is 0 Å². The highest BCUT2D eigenvalue weighted by Gasteiger charge is 2.08. The lowest BCUT2D eigenvalue weighted by atomic mass is 10.2. The molecule has 0 aliphatic carbocycles. The van der Waals surface area contributed by atoms with Crippen molar-refractivity contribution in [3.05, 3.63) is 47.7 Å². The molecule has 6 heteroatoms. The molecule has 0 spiro atoms. The van der Waals surface area contributed by atoms with Crippen molar-refractivity contribution < 1.29 is 4.74 Å². The van der Waals surface area contributed by atoms with Gasteiger partial charge in [0.25, 0.3) is 0 Å². The largest absolute Gasteiger partial charge is 0.481 e. The van der Waals surface area contributed by atoms with E-state index in [-0.39, 0.29) is 0 Å². The third-order valence-corrected chi connectivity index (χ3v) is 3.59. The van der Waals surface area contributed by atoms with Crippen LogP contribution in [0.5, 0.6) is 5.88 Å². The number of hydrogen-bond acceptors (Lipinski definition) is 6. The Kier molecular flexibility index (Phi) is 4.78. The average Bonchev–Trinajstić information content (AvgIpc) is 2.60. The van der Waals surface area contributed by atoms with Gasteiger partial charge in [-0.3, -0.25) is 0 Å². The molecule has 0 fully saturated rings. The average molecular weight is 333 g/mol. The molecule has 1 aromatic carbocycles. The number of nitrogens with one attached hydrogen (secondary N) is 1. The van der Waals surface area contributed by atoms with E-state index in [2.05, 4.69) is 43.2 Å². The fourth-order valence-corrected chi connectivity index (χ4v) is 2.51. The Hall–Kier alpha value is -3.17. The lowest BCUT2D eigenvalue weighted by Gasteiger charge is -2.11. The van der Waals surface area contributed by atoms with E-state index in [0.717, 1.165) is 17.6 Å². The Morgan fingerprint density at radius 2 is 2.08 bits per heavy atom. The number of ether oxygens (including phenoxy) is 1. The molecule has 0 bridgehead atoms. The number of fused-ring (bicyclic) bond motifs is 1. The molecule has 0 aliphatic rings. The highest BCUT2D eigenvalue weighted by Crippen LogP contribution is 2.22. The molecule has 0 amide bonds. The molecule has 3 aromatic rings. The summed E-state index contributed by atoms with van der Waals surface area (Å²) in [5.41, 5.74) is 3.26. The first-order valence-corrected chi connectivity index (χ1v) is 7.78. The normalized spacial score (nSPS) is 10.7. The fraction of sp³-hybridized carbons (Fsp3) is 0.211. The summed E-state index contributed by atoms with van der Waals surface area (Å²) in [5, 5.41) is 3.93. The van der Waals surface area contributed by atoms with Crippen LogP contribution in [0.3, 0.4) is 0 Å². The van der Waals surface area contributed by atoms with E-state index in [1.54, 1.807) is 19.4 Å². The first kappa shape index (κ1) is 16.7. The molecule has 0 saturated heterocycles. The maximum absolute atomic E-state index is 5.55. The number of rotatable bonds is 5. The summed E-state index contributed by atoms with van der Waals surface area (Å²) in [6, 6.07) is 9.82. The molecule has 0 unspecified atom stereocenters. The first-order valence-electron chi connectivity index (χ1n) is 7.78. The fourth-order valence-electron chi connectivity index (χ4n) is 2.51. The number of pyridine rings is 1. The van der Waals surface area contributed by atoms with Gasteiger partial charge in [0, 0.05) is 30.1 Å². The summed E-state index contributed by atoms with van der Waals surface area (Å²) in [6.45, 7) is 0.860. The molecule has 0 saturated carbocycles. The van der Waals surface area contributed by atoms with Crippen molar-refractivity contribution in [2.45, 2.75) is 6.54 Å². The van der Waals surface area contributed by atoms with Gasteiger partial charge in [-0.1, -0.05) is 18.1 Å². The van der Waals surface area contributed by atoms with Gasteiger partial charge in [0.1, 0.15) is 0 Å². The van der Waals surface area contributed by atoms with Crippen LogP contribution < -0.4 is 10.1 Å². The van der Waals surface area contributed by atoms with Crippen molar-refractivity contribution in [2.75, 3.05) is 26.5 Å². The van der Waals surface area contributed by atoms with Gasteiger partial charge < -0.3 is 15.0 Å². The molecule has 2 aromatic heterocycles. The van der Waals surface area contributed by atoms with E-state index >= 15 is 0 Å². The minimum absolute atomic E-state index is 0.429. The highest BCUT2D eigenvalue weighted by atomic mass is 16.5. The summed E-state index contributed by atoms with van der Waals surface area (Å²) >= 11 is 0. The second-order valence-corrected chi connectivity index (χ2v) is 5.85. The SMILES string of the molecule is C#Cc1cc(OC)nc2nc(Nc3cccc(CN(C)C)c3)ncc12. The monoisotopic (exact) mass is 333 g/mol. The van der Waals surface area contributed by atoms with Gasteiger partial charge >= 0.3 is 0 Å². The van der Waals surface area contributed by atoms with E-state index in [0.29, 0.717) is 23.0 Å². The van der Waals surface area contributed by atoms with Crippen LogP contribution >= 0.6 is 0 Å². The van der Waals surface area contributed by atoms with Crippen LogP contribution in [0.15, 0.2) is 36.5 Å². The van der Waals surface area contributed by atoms with Gasteiger partial charge in [-0.2, -0.15) is 9.97 Å². The Bertz CT molecular complexity index is 946. The van der Waals surface area contributed by atoms with Gasteiger partial charge in [0.05, 0.1) is 12.5 Å². The number of anilines is 2. The molecular weight excluding hydrogens is 314 g/mol. The third kappa shape index (κ3) is 3.84.